The van der Waals surface area contributed by atoms with Crippen LogP contribution < -0.4 is 5.32 Å². The first-order chi connectivity index (χ1) is 11.7. The quantitative estimate of drug-likeness (QED) is 0.653. The molecule has 0 saturated carbocycles. The number of rotatable bonds is 6. The Morgan fingerprint density at radius 1 is 1.08 bits per heavy atom. The number of halogens is 1. The average molecular weight is 358 g/mol. The van der Waals surface area contributed by atoms with Crippen LogP contribution in [0.3, 0.4) is 0 Å². The van der Waals surface area contributed by atoms with E-state index in [1.54, 1.807) is 22.5 Å². The summed E-state index contributed by atoms with van der Waals surface area (Å²) in [6.45, 7) is 0. The lowest BCUT2D eigenvalue weighted by atomic mass is 10.3. The highest BCUT2D eigenvalue weighted by atomic mass is 35.5. The van der Waals surface area contributed by atoms with Crippen molar-refractivity contribution in [3.63, 3.8) is 0 Å². The third-order valence-corrected chi connectivity index (χ3v) is 4.55. The van der Waals surface area contributed by atoms with Crippen LogP contribution in [0.5, 0.6) is 0 Å². The minimum absolute atomic E-state index is 0.0465. The molecule has 0 spiro atoms. The number of nitrogens with one attached hydrogen (secondary N) is 1. The first-order valence-electron chi connectivity index (χ1n) is 7.50. The van der Waals surface area contributed by atoms with Crippen molar-refractivity contribution in [2.45, 2.75) is 11.3 Å². The number of anilines is 1. The van der Waals surface area contributed by atoms with E-state index in [4.69, 9.17) is 11.6 Å². The smallest absolute Gasteiger partial charge is 0.226 e. The molecule has 3 aromatic rings. The molecule has 6 heteroatoms. The Balaban J connectivity index is 1.48. The van der Waals surface area contributed by atoms with E-state index in [0.717, 1.165) is 10.6 Å². The molecule has 0 bridgehead atoms. The number of para-hydroxylation sites is 1. The van der Waals surface area contributed by atoms with Crippen molar-refractivity contribution in [3.8, 4) is 5.69 Å². The van der Waals surface area contributed by atoms with Gasteiger partial charge in [-0.2, -0.15) is 5.10 Å². The maximum absolute atomic E-state index is 12.0. The van der Waals surface area contributed by atoms with E-state index < -0.39 is 0 Å². The molecule has 122 valence electrons. The molecule has 0 radical (unpaired) electrons. The van der Waals surface area contributed by atoms with Crippen LogP contribution >= 0.6 is 23.4 Å². The molecule has 24 heavy (non-hydrogen) atoms. The van der Waals surface area contributed by atoms with Crippen LogP contribution in [-0.4, -0.2) is 21.4 Å². The van der Waals surface area contributed by atoms with Crippen molar-refractivity contribution in [2.75, 3.05) is 11.1 Å². The summed E-state index contributed by atoms with van der Waals surface area (Å²) in [5.74, 6) is 1.21. The SMILES string of the molecule is O=C(CCSc1ccc(Cl)cc1)Nc1ccn(-c2ccccc2)n1. The van der Waals surface area contributed by atoms with Gasteiger partial charge in [0.05, 0.1) is 5.69 Å². The van der Waals surface area contributed by atoms with Crippen molar-refractivity contribution in [1.82, 2.24) is 9.78 Å². The third kappa shape index (κ3) is 4.63. The predicted molar refractivity (Wildman–Crippen MR) is 99.0 cm³/mol. The van der Waals surface area contributed by atoms with E-state index in [0.29, 0.717) is 23.0 Å². The van der Waals surface area contributed by atoms with Gasteiger partial charge < -0.3 is 5.32 Å². The second-order valence-corrected chi connectivity index (χ2v) is 6.69. The molecule has 0 unspecified atom stereocenters. The molecule has 0 fully saturated rings. The first kappa shape index (κ1) is 16.6. The zero-order chi connectivity index (χ0) is 16.8. The summed E-state index contributed by atoms with van der Waals surface area (Å²) >= 11 is 7.48. The van der Waals surface area contributed by atoms with Crippen molar-refractivity contribution in [2.24, 2.45) is 0 Å². The van der Waals surface area contributed by atoms with Crippen LogP contribution in [-0.2, 0) is 4.79 Å². The molecule has 0 saturated heterocycles. The highest BCUT2D eigenvalue weighted by molar-refractivity contribution is 7.99. The van der Waals surface area contributed by atoms with Gasteiger partial charge in [0.1, 0.15) is 0 Å². The van der Waals surface area contributed by atoms with Crippen molar-refractivity contribution in [1.29, 1.82) is 0 Å². The van der Waals surface area contributed by atoms with Crippen molar-refractivity contribution < 1.29 is 4.79 Å². The Morgan fingerprint density at radius 2 is 1.83 bits per heavy atom. The van der Waals surface area contributed by atoms with Gasteiger partial charge in [0, 0.05) is 34.4 Å². The van der Waals surface area contributed by atoms with Gasteiger partial charge in [0.15, 0.2) is 5.82 Å². The van der Waals surface area contributed by atoms with Crippen LogP contribution in [0, 0.1) is 0 Å². The Hall–Kier alpha value is -2.24. The largest absolute Gasteiger partial charge is 0.309 e. The molecule has 2 aromatic carbocycles. The number of nitrogens with zero attached hydrogens (tertiary/aromatic N) is 2. The summed E-state index contributed by atoms with van der Waals surface area (Å²) in [6.07, 6.45) is 2.25. The summed E-state index contributed by atoms with van der Waals surface area (Å²) in [6, 6.07) is 19.2. The number of benzene rings is 2. The Bertz CT molecular complexity index is 803. The molecule has 0 aliphatic heterocycles. The summed E-state index contributed by atoms with van der Waals surface area (Å²) in [5.41, 5.74) is 0.955. The molecular weight excluding hydrogens is 342 g/mol. The molecule has 1 amide bonds. The van der Waals surface area contributed by atoms with Gasteiger partial charge in [-0.05, 0) is 36.4 Å². The molecule has 1 N–H and O–H groups in total. The third-order valence-electron chi connectivity index (χ3n) is 3.29. The number of amides is 1. The standard InChI is InChI=1S/C18H16ClN3OS/c19-14-6-8-16(9-7-14)24-13-11-18(23)20-17-10-12-22(21-17)15-4-2-1-3-5-15/h1-10,12H,11,13H2,(H,20,21,23). The molecule has 3 rings (SSSR count). The van der Waals surface area contributed by atoms with E-state index in [2.05, 4.69) is 10.4 Å². The normalized spacial score (nSPS) is 10.5. The van der Waals surface area contributed by atoms with E-state index in [1.807, 2.05) is 60.8 Å². The fourth-order valence-corrected chi connectivity index (χ4v) is 3.09. The zero-order valence-corrected chi connectivity index (χ0v) is 14.4. The number of hydrogen-bond donors (Lipinski definition) is 1. The van der Waals surface area contributed by atoms with Crippen molar-refractivity contribution in [3.05, 3.63) is 71.9 Å². The number of carbonyl (C=O) groups excluding carboxylic acids is 1. The van der Waals surface area contributed by atoms with Crippen LogP contribution in [0.2, 0.25) is 5.02 Å². The molecule has 1 aromatic heterocycles. The molecule has 1 heterocycles. The maximum atomic E-state index is 12.0. The monoisotopic (exact) mass is 357 g/mol. The van der Waals surface area contributed by atoms with Crippen molar-refractivity contribution >= 4 is 35.1 Å². The van der Waals surface area contributed by atoms with E-state index in [9.17, 15) is 4.79 Å². The van der Waals surface area contributed by atoms with E-state index in [-0.39, 0.29) is 5.91 Å². The summed E-state index contributed by atoms with van der Waals surface area (Å²) < 4.78 is 1.73. The van der Waals surface area contributed by atoms with Gasteiger partial charge in [-0.3, -0.25) is 4.79 Å². The summed E-state index contributed by atoms with van der Waals surface area (Å²) in [5, 5.41) is 7.90. The Morgan fingerprint density at radius 3 is 2.58 bits per heavy atom. The Labute approximate surface area is 149 Å². The van der Waals surface area contributed by atoms with Gasteiger partial charge in [-0.15, -0.1) is 11.8 Å². The molecule has 0 aliphatic carbocycles. The first-order valence-corrected chi connectivity index (χ1v) is 8.86. The predicted octanol–water partition coefficient (Wildman–Crippen LogP) is 4.65. The van der Waals surface area contributed by atoms with Crippen LogP contribution in [0.1, 0.15) is 6.42 Å². The second kappa shape index (κ2) is 8.04. The zero-order valence-electron chi connectivity index (χ0n) is 12.9. The van der Waals surface area contributed by atoms with Crippen LogP contribution in [0.4, 0.5) is 5.82 Å². The van der Waals surface area contributed by atoms with E-state index >= 15 is 0 Å². The molecule has 4 nitrogen and oxygen atoms in total. The number of hydrogen-bond acceptors (Lipinski definition) is 3. The maximum Gasteiger partial charge on any atom is 0.226 e. The fraction of sp³-hybridized carbons (Fsp3) is 0.111. The van der Waals surface area contributed by atoms with Gasteiger partial charge in [0.2, 0.25) is 5.91 Å². The highest BCUT2D eigenvalue weighted by Crippen LogP contribution is 2.21. The lowest BCUT2D eigenvalue weighted by Gasteiger charge is -2.03. The van der Waals surface area contributed by atoms with Gasteiger partial charge in [-0.25, -0.2) is 4.68 Å². The summed E-state index contributed by atoms with van der Waals surface area (Å²) in [4.78, 5) is 13.1. The Kier molecular flexibility index (Phi) is 5.56. The topological polar surface area (TPSA) is 46.9 Å². The minimum atomic E-state index is -0.0465. The number of thioether (sulfide) groups is 1. The fourth-order valence-electron chi connectivity index (χ4n) is 2.11. The van der Waals surface area contributed by atoms with Crippen LogP contribution in [0.25, 0.3) is 5.69 Å². The lowest BCUT2D eigenvalue weighted by Crippen LogP contribution is -2.12. The molecule has 0 aliphatic rings. The number of aromatic nitrogens is 2. The lowest BCUT2D eigenvalue weighted by molar-refractivity contribution is -0.115. The van der Waals surface area contributed by atoms with Gasteiger partial charge in [-0.1, -0.05) is 29.8 Å². The van der Waals surface area contributed by atoms with E-state index in [1.165, 1.54) is 0 Å². The minimum Gasteiger partial charge on any atom is -0.309 e. The highest BCUT2D eigenvalue weighted by Gasteiger charge is 2.06. The number of carbonyl (C=O) groups is 1. The average Bonchev–Trinajstić information content (AvgIpc) is 3.06. The second-order valence-electron chi connectivity index (χ2n) is 5.08. The molecule has 0 atom stereocenters. The summed E-state index contributed by atoms with van der Waals surface area (Å²) in [7, 11) is 0. The van der Waals surface area contributed by atoms with Gasteiger partial charge >= 0.3 is 0 Å². The van der Waals surface area contributed by atoms with Crippen LogP contribution in [0.15, 0.2) is 71.8 Å². The molecular formula is C18H16ClN3OS. The van der Waals surface area contributed by atoms with Gasteiger partial charge in [0.25, 0.3) is 0 Å².